The van der Waals surface area contributed by atoms with Gasteiger partial charge in [0.1, 0.15) is 11.4 Å². The number of methoxy groups -OCH3 is 1. The fourth-order valence-electron chi connectivity index (χ4n) is 3.11. The second kappa shape index (κ2) is 10.8. The minimum atomic E-state index is -0.475. The van der Waals surface area contributed by atoms with Gasteiger partial charge < -0.3 is 29.9 Å². The largest absolute Gasteiger partial charge is 0.497 e. The lowest BCUT2D eigenvalue weighted by atomic mass is 10.2. The molecule has 0 saturated carbocycles. The molecule has 162 valence electrons. The van der Waals surface area contributed by atoms with Gasteiger partial charge in [0.2, 0.25) is 0 Å². The molecule has 1 fully saturated rings. The topological polar surface area (TPSA) is 78.4 Å². The van der Waals surface area contributed by atoms with Crippen molar-refractivity contribution in [1.82, 2.24) is 15.5 Å². The van der Waals surface area contributed by atoms with Crippen molar-refractivity contribution in [3.63, 3.8) is 0 Å². The van der Waals surface area contributed by atoms with Gasteiger partial charge >= 0.3 is 6.09 Å². The van der Waals surface area contributed by atoms with Gasteiger partial charge in [-0.1, -0.05) is 6.07 Å². The van der Waals surface area contributed by atoms with Crippen LogP contribution in [0.2, 0.25) is 0 Å². The average Bonchev–Trinajstić information content (AvgIpc) is 2.69. The number of hydrogen-bond donors (Lipinski definition) is 2. The fourth-order valence-corrected chi connectivity index (χ4v) is 3.11. The second-order valence-corrected chi connectivity index (χ2v) is 7.93. The second-order valence-electron chi connectivity index (χ2n) is 7.93. The Morgan fingerprint density at radius 3 is 2.45 bits per heavy atom. The first kappa shape index (κ1) is 22.6. The normalized spacial score (nSPS) is 15.1. The summed E-state index contributed by atoms with van der Waals surface area (Å²) in [6.07, 6.45) is 0.415. The number of nitrogens with zero attached hydrogens (tertiary/aromatic N) is 3. The summed E-state index contributed by atoms with van der Waals surface area (Å²) < 4.78 is 10.6. The Labute approximate surface area is 174 Å². The van der Waals surface area contributed by atoms with E-state index >= 15 is 0 Å². The number of hydrogen-bond acceptors (Lipinski definition) is 5. The predicted octanol–water partition coefficient (Wildman–Crippen LogP) is 2.31. The number of amides is 1. The van der Waals surface area contributed by atoms with Crippen molar-refractivity contribution >= 4 is 17.7 Å². The van der Waals surface area contributed by atoms with E-state index in [0.29, 0.717) is 6.54 Å². The van der Waals surface area contributed by atoms with Crippen molar-refractivity contribution < 1.29 is 14.3 Å². The summed E-state index contributed by atoms with van der Waals surface area (Å²) in [4.78, 5) is 20.7. The van der Waals surface area contributed by atoms with Crippen LogP contribution in [-0.2, 0) is 4.74 Å². The maximum absolute atomic E-state index is 11.6. The van der Waals surface area contributed by atoms with Gasteiger partial charge in [-0.25, -0.2) is 4.79 Å². The third-order valence-corrected chi connectivity index (χ3v) is 4.51. The molecule has 0 spiro atoms. The van der Waals surface area contributed by atoms with E-state index in [2.05, 4.69) is 37.6 Å². The Bertz CT molecular complexity index is 679. The summed E-state index contributed by atoms with van der Waals surface area (Å²) in [7, 11) is 3.49. The first-order valence-corrected chi connectivity index (χ1v) is 10.1. The molecule has 0 atom stereocenters. The van der Waals surface area contributed by atoms with E-state index in [4.69, 9.17) is 9.47 Å². The van der Waals surface area contributed by atoms with Gasteiger partial charge in [0.05, 0.1) is 7.11 Å². The molecule has 1 saturated heterocycles. The van der Waals surface area contributed by atoms with Crippen molar-refractivity contribution in [3.8, 4) is 5.75 Å². The first-order chi connectivity index (χ1) is 13.8. The Hall–Kier alpha value is -2.64. The third-order valence-electron chi connectivity index (χ3n) is 4.51. The SMILES string of the molecule is CN=C(NCCCNC(=O)OC(C)(C)C)N1CCN(c2cccc(OC)c2)CC1. The van der Waals surface area contributed by atoms with E-state index in [1.165, 1.54) is 5.69 Å². The van der Waals surface area contributed by atoms with E-state index in [-0.39, 0.29) is 6.09 Å². The lowest BCUT2D eigenvalue weighted by molar-refractivity contribution is 0.0527. The van der Waals surface area contributed by atoms with Crippen molar-refractivity contribution in [3.05, 3.63) is 24.3 Å². The standard InChI is InChI=1S/C21H35N5O3/c1-21(2,3)29-20(27)24-11-7-10-23-19(22-4)26-14-12-25(13-15-26)17-8-6-9-18(16-17)28-5/h6,8-9,16H,7,10-15H2,1-5H3,(H,22,23)(H,24,27). The highest BCUT2D eigenvalue weighted by Gasteiger charge is 2.20. The Morgan fingerprint density at radius 1 is 1.14 bits per heavy atom. The number of aliphatic imine (C=N–C) groups is 1. The lowest BCUT2D eigenvalue weighted by Gasteiger charge is -2.37. The number of alkyl carbamates (subject to hydrolysis) is 1. The predicted molar refractivity (Wildman–Crippen MR) is 117 cm³/mol. The van der Waals surface area contributed by atoms with Crippen molar-refractivity contribution in [2.45, 2.75) is 32.8 Å². The summed E-state index contributed by atoms with van der Waals surface area (Å²) in [5.41, 5.74) is 0.706. The number of piperazine rings is 1. The molecule has 0 radical (unpaired) electrons. The van der Waals surface area contributed by atoms with Gasteiger partial charge in [-0.05, 0) is 39.3 Å². The van der Waals surface area contributed by atoms with Crippen LogP contribution in [0.25, 0.3) is 0 Å². The molecule has 0 aromatic heterocycles. The fraction of sp³-hybridized carbons (Fsp3) is 0.619. The highest BCUT2D eigenvalue weighted by atomic mass is 16.6. The van der Waals surface area contributed by atoms with E-state index in [1.807, 2.05) is 32.9 Å². The number of benzene rings is 1. The molecule has 1 aliphatic heterocycles. The van der Waals surface area contributed by atoms with Crippen LogP contribution < -0.4 is 20.3 Å². The molecule has 2 rings (SSSR count). The number of nitrogens with one attached hydrogen (secondary N) is 2. The van der Waals surface area contributed by atoms with Crippen LogP contribution in [-0.4, -0.2) is 76.0 Å². The molecule has 1 aliphatic rings. The maximum Gasteiger partial charge on any atom is 0.407 e. The van der Waals surface area contributed by atoms with Gasteiger partial charge in [-0.2, -0.15) is 0 Å². The number of guanidine groups is 1. The molecule has 1 aromatic carbocycles. The molecule has 0 bridgehead atoms. The van der Waals surface area contributed by atoms with Crippen LogP contribution in [0, 0.1) is 0 Å². The zero-order valence-electron chi connectivity index (χ0n) is 18.3. The molecular weight excluding hydrogens is 370 g/mol. The van der Waals surface area contributed by atoms with E-state index in [0.717, 1.165) is 50.9 Å². The lowest BCUT2D eigenvalue weighted by Crippen LogP contribution is -2.52. The number of carbonyl (C=O) groups excluding carboxylic acids is 1. The summed E-state index contributed by atoms with van der Waals surface area (Å²) >= 11 is 0. The monoisotopic (exact) mass is 405 g/mol. The molecule has 0 aliphatic carbocycles. The maximum atomic E-state index is 11.6. The van der Waals surface area contributed by atoms with Gasteiger partial charge in [0.25, 0.3) is 0 Å². The van der Waals surface area contributed by atoms with Gasteiger partial charge in [-0.15, -0.1) is 0 Å². The van der Waals surface area contributed by atoms with Crippen molar-refractivity contribution in [2.24, 2.45) is 4.99 Å². The van der Waals surface area contributed by atoms with Crippen LogP contribution in [0.1, 0.15) is 27.2 Å². The minimum absolute atomic E-state index is 0.379. The third kappa shape index (κ3) is 7.71. The molecule has 1 heterocycles. The first-order valence-electron chi connectivity index (χ1n) is 10.1. The van der Waals surface area contributed by atoms with Crippen LogP contribution in [0.3, 0.4) is 0 Å². The highest BCUT2D eigenvalue weighted by molar-refractivity contribution is 5.80. The van der Waals surface area contributed by atoms with Crippen LogP contribution >= 0.6 is 0 Å². The van der Waals surface area contributed by atoms with Crippen molar-refractivity contribution in [1.29, 1.82) is 0 Å². The van der Waals surface area contributed by atoms with Crippen molar-refractivity contribution in [2.75, 3.05) is 58.3 Å². The molecule has 29 heavy (non-hydrogen) atoms. The Morgan fingerprint density at radius 2 is 1.83 bits per heavy atom. The van der Waals surface area contributed by atoms with Crippen LogP contribution in [0.15, 0.2) is 29.3 Å². The number of rotatable bonds is 6. The number of carbonyl (C=O) groups is 1. The molecular formula is C21H35N5O3. The average molecular weight is 406 g/mol. The zero-order chi connectivity index (χ0) is 21.3. The van der Waals surface area contributed by atoms with Gasteiger partial charge in [0.15, 0.2) is 5.96 Å². The van der Waals surface area contributed by atoms with Gasteiger partial charge in [-0.3, -0.25) is 4.99 Å². The Balaban J connectivity index is 1.70. The number of ether oxygens (including phenoxy) is 2. The van der Waals surface area contributed by atoms with E-state index in [1.54, 1.807) is 14.2 Å². The highest BCUT2D eigenvalue weighted by Crippen LogP contribution is 2.22. The molecule has 8 heteroatoms. The number of anilines is 1. The molecule has 8 nitrogen and oxygen atoms in total. The van der Waals surface area contributed by atoms with Crippen LogP contribution in [0.5, 0.6) is 5.75 Å². The quantitative estimate of drug-likeness (QED) is 0.430. The zero-order valence-corrected chi connectivity index (χ0v) is 18.3. The summed E-state index contributed by atoms with van der Waals surface area (Å²) in [5, 5.41) is 6.15. The van der Waals surface area contributed by atoms with E-state index in [9.17, 15) is 4.79 Å². The Kier molecular flexibility index (Phi) is 8.42. The summed E-state index contributed by atoms with van der Waals surface area (Å²) in [6, 6.07) is 8.17. The molecule has 0 unspecified atom stereocenters. The molecule has 2 N–H and O–H groups in total. The molecule has 1 aromatic rings. The minimum Gasteiger partial charge on any atom is -0.497 e. The molecule has 1 amide bonds. The van der Waals surface area contributed by atoms with Crippen LogP contribution in [0.4, 0.5) is 10.5 Å². The summed E-state index contributed by atoms with van der Waals surface area (Å²) in [6.45, 7) is 10.5. The summed E-state index contributed by atoms with van der Waals surface area (Å²) in [5.74, 6) is 1.77. The van der Waals surface area contributed by atoms with Gasteiger partial charge in [0, 0.05) is 58.1 Å². The smallest absolute Gasteiger partial charge is 0.407 e. The van der Waals surface area contributed by atoms with E-state index < -0.39 is 5.60 Å².